The summed E-state index contributed by atoms with van der Waals surface area (Å²) in [6.45, 7) is 1.63. The zero-order chi connectivity index (χ0) is 14.0. The Hall–Kier alpha value is -2.38. The molecule has 2 rings (SSSR count). The Morgan fingerprint density at radius 3 is 2.37 bits per heavy atom. The fourth-order valence-electron chi connectivity index (χ4n) is 1.37. The quantitative estimate of drug-likeness (QED) is 0.880. The van der Waals surface area contributed by atoms with Crippen LogP contribution in [0.1, 0.15) is 22.0 Å². The van der Waals surface area contributed by atoms with Gasteiger partial charge in [-0.2, -0.15) is 13.2 Å². The number of nitrogens with one attached hydrogen (secondary N) is 2. The Kier molecular flexibility index (Phi) is 3.24. The van der Waals surface area contributed by atoms with Gasteiger partial charge in [0.25, 0.3) is 5.91 Å². The Morgan fingerprint density at radius 2 is 1.89 bits per heavy atom. The molecule has 100 valence electrons. The molecule has 19 heavy (non-hydrogen) atoms. The number of halogens is 3. The maximum absolute atomic E-state index is 12.3. The van der Waals surface area contributed by atoms with Gasteiger partial charge in [-0.25, -0.2) is 4.98 Å². The van der Waals surface area contributed by atoms with Gasteiger partial charge in [-0.1, -0.05) is 0 Å². The molecular weight excluding hydrogens is 261 g/mol. The summed E-state index contributed by atoms with van der Waals surface area (Å²) in [6, 6.07) is 4.11. The second-order valence-corrected chi connectivity index (χ2v) is 3.77. The topological polar surface area (TPSA) is 70.7 Å². The van der Waals surface area contributed by atoms with Gasteiger partial charge in [-0.05, 0) is 31.2 Å². The van der Waals surface area contributed by atoms with Crippen molar-refractivity contribution in [3.05, 3.63) is 41.5 Å². The average molecular weight is 270 g/mol. The number of aromatic amines is 1. The summed E-state index contributed by atoms with van der Waals surface area (Å²) >= 11 is 0. The van der Waals surface area contributed by atoms with Gasteiger partial charge in [-0.15, -0.1) is 5.10 Å². The van der Waals surface area contributed by atoms with E-state index < -0.39 is 17.6 Å². The summed E-state index contributed by atoms with van der Waals surface area (Å²) in [7, 11) is 0. The standard InChI is InChI=1S/C11H9F3N4O/c1-6-15-9(18-17-6)10(19)16-8-4-2-7(3-5-8)11(12,13)14/h2-5H,1H3,(H,16,19)(H,15,17,18). The van der Waals surface area contributed by atoms with E-state index in [0.29, 0.717) is 5.82 Å². The highest BCUT2D eigenvalue weighted by atomic mass is 19.4. The average Bonchev–Trinajstić information content (AvgIpc) is 2.75. The van der Waals surface area contributed by atoms with Crippen molar-refractivity contribution in [3.8, 4) is 0 Å². The molecule has 0 saturated carbocycles. The van der Waals surface area contributed by atoms with Crippen LogP contribution in [0.4, 0.5) is 18.9 Å². The molecule has 0 saturated heterocycles. The number of anilines is 1. The number of aryl methyl sites for hydroxylation is 1. The molecule has 0 unspecified atom stereocenters. The molecule has 1 aromatic heterocycles. The van der Waals surface area contributed by atoms with E-state index in [1.807, 2.05) is 0 Å². The monoisotopic (exact) mass is 270 g/mol. The highest BCUT2D eigenvalue weighted by Gasteiger charge is 2.30. The number of amides is 1. The minimum atomic E-state index is -4.40. The predicted octanol–water partition coefficient (Wildman–Crippen LogP) is 2.38. The van der Waals surface area contributed by atoms with Crippen molar-refractivity contribution in [2.45, 2.75) is 13.1 Å². The first-order chi connectivity index (χ1) is 8.86. The van der Waals surface area contributed by atoms with Crippen LogP contribution in [0.25, 0.3) is 0 Å². The van der Waals surface area contributed by atoms with Crippen LogP contribution in [0.3, 0.4) is 0 Å². The maximum Gasteiger partial charge on any atom is 0.416 e. The van der Waals surface area contributed by atoms with Crippen LogP contribution in [0, 0.1) is 6.92 Å². The lowest BCUT2D eigenvalue weighted by molar-refractivity contribution is -0.137. The van der Waals surface area contributed by atoms with E-state index in [9.17, 15) is 18.0 Å². The third-order valence-corrected chi connectivity index (χ3v) is 2.27. The number of carbonyl (C=O) groups excluding carboxylic acids is 1. The van der Waals surface area contributed by atoms with E-state index in [2.05, 4.69) is 20.5 Å². The number of rotatable bonds is 2. The van der Waals surface area contributed by atoms with Crippen LogP contribution in [0.5, 0.6) is 0 Å². The highest BCUT2D eigenvalue weighted by molar-refractivity contribution is 6.01. The van der Waals surface area contributed by atoms with Gasteiger partial charge in [0.2, 0.25) is 5.82 Å². The molecular formula is C11H9F3N4O. The summed E-state index contributed by atoms with van der Waals surface area (Å²) in [5.74, 6) is -0.195. The van der Waals surface area contributed by atoms with Gasteiger partial charge >= 0.3 is 6.18 Å². The van der Waals surface area contributed by atoms with Gasteiger partial charge in [0.05, 0.1) is 5.56 Å². The smallest absolute Gasteiger partial charge is 0.319 e. The van der Waals surface area contributed by atoms with Crippen molar-refractivity contribution in [3.63, 3.8) is 0 Å². The number of H-pyrrole nitrogens is 1. The number of benzene rings is 1. The van der Waals surface area contributed by atoms with Crippen molar-refractivity contribution >= 4 is 11.6 Å². The highest BCUT2D eigenvalue weighted by Crippen LogP contribution is 2.29. The lowest BCUT2D eigenvalue weighted by atomic mass is 10.2. The lowest BCUT2D eigenvalue weighted by Gasteiger charge is -2.07. The summed E-state index contributed by atoms with van der Waals surface area (Å²) in [5.41, 5.74) is -0.542. The summed E-state index contributed by atoms with van der Waals surface area (Å²) < 4.78 is 37.0. The number of nitrogens with zero attached hydrogens (tertiary/aromatic N) is 2. The molecule has 0 spiro atoms. The molecule has 5 nitrogen and oxygen atoms in total. The third-order valence-electron chi connectivity index (χ3n) is 2.27. The molecule has 1 heterocycles. The molecule has 0 aliphatic carbocycles. The van der Waals surface area contributed by atoms with Crippen molar-refractivity contribution in [1.82, 2.24) is 15.2 Å². The maximum atomic E-state index is 12.3. The molecule has 0 bridgehead atoms. The first kappa shape index (κ1) is 13.1. The van der Waals surface area contributed by atoms with Crippen molar-refractivity contribution in [2.24, 2.45) is 0 Å². The molecule has 1 amide bonds. The molecule has 8 heteroatoms. The SMILES string of the molecule is Cc1nc(C(=O)Nc2ccc(C(F)(F)F)cc2)n[nH]1. The summed E-state index contributed by atoms with van der Waals surface area (Å²) in [5, 5.41) is 8.53. The second kappa shape index (κ2) is 4.71. The molecule has 2 N–H and O–H groups in total. The van der Waals surface area contributed by atoms with Crippen LogP contribution in [-0.4, -0.2) is 21.1 Å². The van der Waals surface area contributed by atoms with Gasteiger partial charge in [0, 0.05) is 5.69 Å². The molecule has 2 aromatic rings. The van der Waals surface area contributed by atoms with Crippen LogP contribution in [0.2, 0.25) is 0 Å². The van der Waals surface area contributed by atoms with Crippen molar-refractivity contribution in [1.29, 1.82) is 0 Å². The number of alkyl halides is 3. The molecule has 0 radical (unpaired) electrons. The van der Waals surface area contributed by atoms with Gasteiger partial charge in [-0.3, -0.25) is 9.89 Å². The third kappa shape index (κ3) is 3.09. The normalized spacial score (nSPS) is 11.4. The molecule has 0 atom stereocenters. The Labute approximate surface area is 105 Å². The summed E-state index contributed by atoms with van der Waals surface area (Å²) in [4.78, 5) is 15.4. The second-order valence-electron chi connectivity index (χ2n) is 3.77. The predicted molar refractivity (Wildman–Crippen MR) is 60.5 cm³/mol. The van der Waals surface area contributed by atoms with Crippen LogP contribution in [-0.2, 0) is 6.18 Å². The minimum absolute atomic E-state index is 0.0719. The van der Waals surface area contributed by atoms with E-state index in [-0.39, 0.29) is 11.5 Å². The number of hydrogen-bond donors (Lipinski definition) is 2. The van der Waals surface area contributed by atoms with Gasteiger partial charge in [0.1, 0.15) is 5.82 Å². The van der Waals surface area contributed by atoms with Crippen molar-refractivity contribution in [2.75, 3.05) is 5.32 Å². The zero-order valence-electron chi connectivity index (χ0n) is 9.75. The first-order valence-corrected chi connectivity index (χ1v) is 5.24. The number of aromatic nitrogens is 3. The number of carbonyl (C=O) groups is 1. The summed E-state index contributed by atoms with van der Waals surface area (Å²) in [6.07, 6.45) is -4.40. The van der Waals surface area contributed by atoms with E-state index in [4.69, 9.17) is 0 Å². The molecule has 0 aliphatic rings. The van der Waals surface area contributed by atoms with Crippen LogP contribution in [0.15, 0.2) is 24.3 Å². The number of hydrogen-bond acceptors (Lipinski definition) is 3. The van der Waals surface area contributed by atoms with Gasteiger partial charge in [0.15, 0.2) is 0 Å². The van der Waals surface area contributed by atoms with E-state index >= 15 is 0 Å². The Morgan fingerprint density at radius 1 is 1.26 bits per heavy atom. The largest absolute Gasteiger partial charge is 0.416 e. The fraction of sp³-hybridized carbons (Fsp3) is 0.182. The van der Waals surface area contributed by atoms with E-state index in [0.717, 1.165) is 12.1 Å². The fourth-order valence-corrected chi connectivity index (χ4v) is 1.37. The Bertz CT molecular complexity index is 589. The van der Waals surface area contributed by atoms with Crippen LogP contribution < -0.4 is 5.32 Å². The van der Waals surface area contributed by atoms with Crippen LogP contribution >= 0.6 is 0 Å². The zero-order valence-corrected chi connectivity index (χ0v) is 9.75. The molecule has 0 aliphatic heterocycles. The lowest BCUT2D eigenvalue weighted by Crippen LogP contribution is -2.14. The van der Waals surface area contributed by atoms with E-state index in [1.165, 1.54) is 12.1 Å². The molecule has 0 fully saturated rings. The molecule has 1 aromatic carbocycles. The van der Waals surface area contributed by atoms with E-state index in [1.54, 1.807) is 6.92 Å². The van der Waals surface area contributed by atoms with Gasteiger partial charge < -0.3 is 5.32 Å². The van der Waals surface area contributed by atoms with Crippen molar-refractivity contribution < 1.29 is 18.0 Å². The first-order valence-electron chi connectivity index (χ1n) is 5.24. The minimum Gasteiger partial charge on any atom is -0.319 e. The Balaban J connectivity index is 2.10.